The quantitative estimate of drug-likeness (QED) is 0.836. The Morgan fingerprint density at radius 2 is 2.12 bits per heavy atom. The van der Waals surface area contributed by atoms with Crippen LogP contribution >= 0.6 is 11.6 Å². The van der Waals surface area contributed by atoms with Crippen LogP contribution in [0.2, 0.25) is 5.02 Å². The van der Waals surface area contributed by atoms with E-state index in [0.29, 0.717) is 10.7 Å². The van der Waals surface area contributed by atoms with E-state index in [0.717, 1.165) is 0 Å². The zero-order valence-electron chi connectivity index (χ0n) is 8.95. The van der Waals surface area contributed by atoms with Gasteiger partial charge in [0.2, 0.25) is 5.82 Å². The van der Waals surface area contributed by atoms with Crippen LogP contribution in [0, 0.1) is 12.7 Å². The summed E-state index contributed by atoms with van der Waals surface area (Å²) in [4.78, 5) is 7.40. The summed E-state index contributed by atoms with van der Waals surface area (Å²) in [5.74, 6) is -0.484. The molecule has 17 heavy (non-hydrogen) atoms. The predicted molar refractivity (Wildman–Crippen MR) is 62.7 cm³/mol. The van der Waals surface area contributed by atoms with Crippen molar-refractivity contribution in [3.8, 4) is 11.6 Å². The van der Waals surface area contributed by atoms with E-state index in [4.69, 9.17) is 22.1 Å². The number of benzene rings is 1. The number of nitrogen functional groups attached to an aromatic ring is 1. The normalized spacial score (nSPS) is 10.3. The van der Waals surface area contributed by atoms with E-state index in [1.54, 1.807) is 12.1 Å². The molecule has 0 aliphatic rings. The van der Waals surface area contributed by atoms with Crippen LogP contribution in [-0.2, 0) is 0 Å². The monoisotopic (exact) mass is 253 g/mol. The Morgan fingerprint density at radius 1 is 1.35 bits per heavy atom. The molecule has 0 spiro atoms. The average Bonchev–Trinajstić information content (AvgIpc) is 2.28. The van der Waals surface area contributed by atoms with E-state index in [1.807, 2.05) is 0 Å². The molecular weight excluding hydrogens is 245 g/mol. The van der Waals surface area contributed by atoms with Gasteiger partial charge in [0.05, 0.1) is 10.7 Å². The Bertz CT molecular complexity index is 562. The van der Waals surface area contributed by atoms with Gasteiger partial charge in [-0.15, -0.1) is 0 Å². The molecule has 2 N–H and O–H groups in total. The van der Waals surface area contributed by atoms with Gasteiger partial charge in [-0.3, -0.25) is 0 Å². The second kappa shape index (κ2) is 4.55. The number of rotatable bonds is 2. The summed E-state index contributed by atoms with van der Waals surface area (Å²) in [7, 11) is 0. The molecule has 0 bridgehead atoms. The second-order valence-electron chi connectivity index (χ2n) is 3.37. The first-order valence-electron chi connectivity index (χ1n) is 4.78. The minimum atomic E-state index is -0.611. The molecule has 0 fully saturated rings. The summed E-state index contributed by atoms with van der Waals surface area (Å²) in [5.41, 5.74) is 6.25. The van der Waals surface area contributed by atoms with Crippen molar-refractivity contribution in [3.05, 3.63) is 41.1 Å². The van der Waals surface area contributed by atoms with E-state index < -0.39 is 5.82 Å². The number of hydrogen-bond acceptors (Lipinski definition) is 4. The van der Waals surface area contributed by atoms with Gasteiger partial charge in [0.15, 0.2) is 0 Å². The summed E-state index contributed by atoms with van der Waals surface area (Å²) in [6.07, 6.45) is 1.22. The molecule has 4 nitrogen and oxygen atoms in total. The van der Waals surface area contributed by atoms with Gasteiger partial charge in [0.1, 0.15) is 12.1 Å². The largest absolute Gasteiger partial charge is 0.435 e. The molecule has 0 radical (unpaired) electrons. The van der Waals surface area contributed by atoms with Crippen molar-refractivity contribution in [2.24, 2.45) is 0 Å². The zero-order chi connectivity index (χ0) is 12.4. The molecule has 0 unspecified atom stereocenters. The van der Waals surface area contributed by atoms with E-state index in [9.17, 15) is 4.39 Å². The SMILES string of the molecule is Cc1ncnc(Oc2ccc(N)cc2Cl)c1F. The van der Waals surface area contributed by atoms with Crippen molar-refractivity contribution in [2.75, 3.05) is 5.73 Å². The van der Waals surface area contributed by atoms with Crippen molar-refractivity contribution in [2.45, 2.75) is 6.92 Å². The fourth-order valence-corrected chi connectivity index (χ4v) is 1.44. The second-order valence-corrected chi connectivity index (χ2v) is 3.78. The maximum Gasteiger partial charge on any atom is 0.259 e. The van der Waals surface area contributed by atoms with Crippen LogP contribution in [-0.4, -0.2) is 9.97 Å². The van der Waals surface area contributed by atoms with Crippen LogP contribution in [0.4, 0.5) is 10.1 Å². The van der Waals surface area contributed by atoms with Gasteiger partial charge >= 0.3 is 0 Å². The van der Waals surface area contributed by atoms with Gasteiger partial charge in [-0.1, -0.05) is 11.6 Å². The molecule has 1 heterocycles. The number of nitrogens with zero attached hydrogens (tertiary/aromatic N) is 2. The smallest absolute Gasteiger partial charge is 0.259 e. The van der Waals surface area contributed by atoms with Gasteiger partial charge < -0.3 is 10.5 Å². The standard InChI is InChI=1S/C11H9ClFN3O/c1-6-10(13)11(16-5-15-6)17-9-3-2-7(14)4-8(9)12/h2-5H,14H2,1H3. The summed E-state index contributed by atoms with van der Waals surface area (Å²) in [6.45, 7) is 1.52. The highest BCUT2D eigenvalue weighted by Gasteiger charge is 2.11. The van der Waals surface area contributed by atoms with Crippen molar-refractivity contribution in [3.63, 3.8) is 0 Å². The van der Waals surface area contributed by atoms with Crippen molar-refractivity contribution in [1.29, 1.82) is 0 Å². The minimum absolute atomic E-state index is 0.163. The molecule has 2 rings (SSSR count). The number of aryl methyl sites for hydroxylation is 1. The first-order valence-corrected chi connectivity index (χ1v) is 5.15. The number of halogens is 2. The lowest BCUT2D eigenvalue weighted by molar-refractivity contribution is 0.417. The first kappa shape index (κ1) is 11.6. The summed E-state index contributed by atoms with van der Waals surface area (Å²) >= 11 is 5.90. The fourth-order valence-electron chi connectivity index (χ4n) is 1.21. The van der Waals surface area contributed by atoms with Crippen molar-refractivity contribution in [1.82, 2.24) is 9.97 Å². The van der Waals surface area contributed by atoms with Gasteiger partial charge in [0.25, 0.3) is 5.88 Å². The van der Waals surface area contributed by atoms with Crippen molar-refractivity contribution >= 4 is 17.3 Å². The van der Waals surface area contributed by atoms with Gasteiger partial charge in [-0.25, -0.2) is 4.98 Å². The lowest BCUT2D eigenvalue weighted by atomic mass is 10.3. The molecular formula is C11H9ClFN3O. The molecule has 0 amide bonds. The van der Waals surface area contributed by atoms with Gasteiger partial charge in [-0.2, -0.15) is 9.37 Å². The molecule has 1 aromatic heterocycles. The Kier molecular flexibility index (Phi) is 3.10. The van der Waals surface area contributed by atoms with Crippen LogP contribution in [0.25, 0.3) is 0 Å². The third-order valence-corrected chi connectivity index (χ3v) is 2.39. The topological polar surface area (TPSA) is 61.0 Å². The number of aromatic nitrogens is 2. The molecule has 0 saturated heterocycles. The highest BCUT2D eigenvalue weighted by Crippen LogP contribution is 2.31. The number of nitrogens with two attached hydrogens (primary N) is 1. The van der Waals surface area contributed by atoms with E-state index in [1.165, 1.54) is 19.3 Å². The molecule has 1 aromatic carbocycles. The third kappa shape index (κ3) is 2.45. The zero-order valence-corrected chi connectivity index (χ0v) is 9.70. The number of hydrogen-bond donors (Lipinski definition) is 1. The average molecular weight is 254 g/mol. The summed E-state index contributed by atoms with van der Waals surface area (Å²) < 4.78 is 18.8. The first-order chi connectivity index (χ1) is 8.08. The van der Waals surface area contributed by atoms with Crippen LogP contribution < -0.4 is 10.5 Å². The maximum atomic E-state index is 13.6. The Labute approximate surface area is 102 Å². The van der Waals surface area contributed by atoms with Crippen molar-refractivity contribution < 1.29 is 9.13 Å². The van der Waals surface area contributed by atoms with E-state index in [2.05, 4.69) is 9.97 Å². The lowest BCUT2D eigenvalue weighted by Crippen LogP contribution is -1.97. The highest BCUT2D eigenvalue weighted by molar-refractivity contribution is 6.32. The summed E-state index contributed by atoms with van der Waals surface area (Å²) in [5, 5.41) is 0.292. The Hall–Kier alpha value is -1.88. The maximum absolute atomic E-state index is 13.6. The van der Waals surface area contributed by atoms with E-state index >= 15 is 0 Å². The summed E-state index contributed by atoms with van der Waals surface area (Å²) in [6, 6.07) is 4.67. The van der Waals surface area contributed by atoms with Gasteiger partial charge in [0, 0.05) is 5.69 Å². The molecule has 0 atom stereocenters. The fraction of sp³-hybridized carbons (Fsp3) is 0.0909. The van der Waals surface area contributed by atoms with Gasteiger partial charge in [-0.05, 0) is 25.1 Å². The number of ether oxygens (including phenoxy) is 1. The predicted octanol–water partition coefficient (Wildman–Crippen LogP) is 2.95. The van der Waals surface area contributed by atoms with Crippen LogP contribution in [0.1, 0.15) is 5.69 Å². The van der Waals surface area contributed by atoms with Crippen LogP contribution in [0.5, 0.6) is 11.6 Å². The lowest BCUT2D eigenvalue weighted by Gasteiger charge is -2.08. The Balaban J connectivity index is 2.35. The third-order valence-electron chi connectivity index (χ3n) is 2.09. The molecule has 0 aliphatic carbocycles. The molecule has 2 aromatic rings. The molecule has 88 valence electrons. The number of anilines is 1. The highest BCUT2D eigenvalue weighted by atomic mass is 35.5. The van der Waals surface area contributed by atoms with E-state index in [-0.39, 0.29) is 17.3 Å². The molecule has 0 aliphatic heterocycles. The van der Waals surface area contributed by atoms with Crippen LogP contribution in [0.3, 0.4) is 0 Å². The van der Waals surface area contributed by atoms with Crippen LogP contribution in [0.15, 0.2) is 24.5 Å². The molecule has 6 heteroatoms. The minimum Gasteiger partial charge on any atom is -0.435 e. The Morgan fingerprint density at radius 3 is 2.82 bits per heavy atom. The molecule has 0 saturated carbocycles.